The molecule has 1 aromatic rings. The summed E-state index contributed by atoms with van der Waals surface area (Å²) >= 11 is 0. The lowest BCUT2D eigenvalue weighted by molar-refractivity contribution is 0.237. The molecule has 1 aliphatic heterocycles. The Bertz CT molecular complexity index is 339. The van der Waals surface area contributed by atoms with E-state index in [1.165, 1.54) is 19.3 Å². The first kappa shape index (κ1) is 11.2. The number of nitrogen functional groups attached to an aromatic ring is 1. The molecule has 0 aliphatic carbocycles. The van der Waals surface area contributed by atoms with Crippen LogP contribution in [-0.2, 0) is 0 Å². The molecule has 2 rings (SSSR count). The molecule has 0 radical (unpaired) electrons. The molecule has 2 N–H and O–H groups in total. The second-order valence-electron chi connectivity index (χ2n) is 4.95. The van der Waals surface area contributed by atoms with E-state index in [1.54, 1.807) is 12.4 Å². The summed E-state index contributed by atoms with van der Waals surface area (Å²) in [5.41, 5.74) is 6.04. The average molecular weight is 220 g/mol. The van der Waals surface area contributed by atoms with E-state index < -0.39 is 0 Å². The Hall–Kier alpha value is -1.32. The largest absolute Gasteiger partial charge is 0.382 e. The van der Waals surface area contributed by atoms with Gasteiger partial charge < -0.3 is 10.6 Å². The first-order valence-electron chi connectivity index (χ1n) is 5.95. The molecule has 0 spiro atoms. The lowest BCUT2D eigenvalue weighted by Gasteiger charge is -2.39. The number of nitrogens with two attached hydrogens (primary N) is 1. The first-order chi connectivity index (χ1) is 7.63. The normalized spacial score (nSPS) is 19.8. The summed E-state index contributed by atoms with van der Waals surface area (Å²) in [7, 11) is 0. The Balaban J connectivity index is 2.01. The quantitative estimate of drug-likeness (QED) is 0.829. The minimum Gasteiger partial charge on any atom is -0.382 e. The highest BCUT2D eigenvalue weighted by Gasteiger charge is 2.28. The molecular formula is C12H20N4. The highest BCUT2D eigenvalue weighted by molar-refractivity contribution is 5.39. The molecule has 1 aliphatic rings. The molecule has 0 atom stereocenters. The predicted octanol–water partition coefficient (Wildman–Crippen LogP) is 2.08. The van der Waals surface area contributed by atoms with E-state index in [4.69, 9.17) is 5.73 Å². The summed E-state index contributed by atoms with van der Waals surface area (Å²) in [6.07, 6.45) is 7.12. The van der Waals surface area contributed by atoms with Crippen molar-refractivity contribution in [2.24, 2.45) is 5.41 Å². The molecule has 0 aromatic carbocycles. The average Bonchev–Trinajstić information content (AvgIpc) is 2.32. The first-order valence-corrected chi connectivity index (χ1v) is 5.95. The number of piperidine rings is 1. The number of hydrogen-bond donors (Lipinski definition) is 1. The molecule has 1 aromatic heterocycles. The van der Waals surface area contributed by atoms with E-state index in [2.05, 4.69) is 28.7 Å². The van der Waals surface area contributed by atoms with Gasteiger partial charge in [0.15, 0.2) is 0 Å². The van der Waals surface area contributed by atoms with Crippen molar-refractivity contribution in [3.05, 3.63) is 12.4 Å². The van der Waals surface area contributed by atoms with E-state index in [-0.39, 0.29) is 0 Å². The highest BCUT2D eigenvalue weighted by Crippen LogP contribution is 2.34. The number of aromatic nitrogens is 2. The third-order valence-electron chi connectivity index (χ3n) is 3.81. The van der Waals surface area contributed by atoms with Gasteiger partial charge in [-0.2, -0.15) is 0 Å². The maximum atomic E-state index is 5.53. The lowest BCUT2D eigenvalue weighted by atomic mass is 9.78. The second-order valence-corrected chi connectivity index (χ2v) is 4.95. The fourth-order valence-electron chi connectivity index (χ4n) is 2.12. The SMILES string of the molecule is CCC1(C)CCN(c2cnc(N)cn2)CC1. The minimum atomic E-state index is 0.485. The smallest absolute Gasteiger partial charge is 0.147 e. The summed E-state index contributed by atoms with van der Waals surface area (Å²) in [6.45, 7) is 6.80. The van der Waals surface area contributed by atoms with Gasteiger partial charge in [-0.15, -0.1) is 0 Å². The van der Waals surface area contributed by atoms with E-state index in [1.807, 2.05) is 0 Å². The van der Waals surface area contributed by atoms with Crippen molar-refractivity contribution < 1.29 is 0 Å². The van der Waals surface area contributed by atoms with Gasteiger partial charge in [-0.25, -0.2) is 9.97 Å². The zero-order valence-electron chi connectivity index (χ0n) is 10.1. The van der Waals surface area contributed by atoms with Crippen LogP contribution in [0.1, 0.15) is 33.1 Å². The van der Waals surface area contributed by atoms with E-state index in [0.717, 1.165) is 18.9 Å². The van der Waals surface area contributed by atoms with Gasteiger partial charge in [-0.05, 0) is 18.3 Å². The third kappa shape index (κ3) is 2.26. The molecule has 0 unspecified atom stereocenters. The number of anilines is 2. The van der Waals surface area contributed by atoms with Gasteiger partial charge in [0.05, 0.1) is 12.4 Å². The monoisotopic (exact) mass is 220 g/mol. The Morgan fingerprint density at radius 1 is 1.31 bits per heavy atom. The zero-order chi connectivity index (χ0) is 11.6. The molecule has 16 heavy (non-hydrogen) atoms. The van der Waals surface area contributed by atoms with Crippen molar-refractivity contribution in [2.75, 3.05) is 23.7 Å². The van der Waals surface area contributed by atoms with Crippen LogP contribution in [0.3, 0.4) is 0 Å². The van der Waals surface area contributed by atoms with E-state index >= 15 is 0 Å². The molecule has 88 valence electrons. The van der Waals surface area contributed by atoms with Gasteiger partial charge in [-0.1, -0.05) is 20.3 Å². The van der Waals surface area contributed by atoms with Gasteiger partial charge in [0.2, 0.25) is 0 Å². The fourth-order valence-corrected chi connectivity index (χ4v) is 2.12. The third-order valence-corrected chi connectivity index (χ3v) is 3.81. The van der Waals surface area contributed by atoms with Crippen LogP contribution in [0.5, 0.6) is 0 Å². The highest BCUT2D eigenvalue weighted by atomic mass is 15.2. The molecule has 0 bridgehead atoms. The molecule has 4 nitrogen and oxygen atoms in total. The minimum absolute atomic E-state index is 0.485. The van der Waals surface area contributed by atoms with Crippen molar-refractivity contribution in [1.82, 2.24) is 9.97 Å². The summed E-state index contributed by atoms with van der Waals surface area (Å²) in [4.78, 5) is 10.7. The maximum absolute atomic E-state index is 5.53. The van der Waals surface area contributed by atoms with Crippen LogP contribution in [0, 0.1) is 5.41 Å². The van der Waals surface area contributed by atoms with Crippen LogP contribution in [0.4, 0.5) is 11.6 Å². The fraction of sp³-hybridized carbons (Fsp3) is 0.667. The molecule has 2 heterocycles. The predicted molar refractivity (Wildman–Crippen MR) is 66.3 cm³/mol. The van der Waals surface area contributed by atoms with Gasteiger partial charge in [0.25, 0.3) is 0 Å². The van der Waals surface area contributed by atoms with Crippen LogP contribution < -0.4 is 10.6 Å². The Morgan fingerprint density at radius 2 is 2.00 bits per heavy atom. The Labute approximate surface area is 96.9 Å². The lowest BCUT2D eigenvalue weighted by Crippen LogP contribution is -2.38. The van der Waals surface area contributed by atoms with E-state index in [9.17, 15) is 0 Å². The van der Waals surface area contributed by atoms with Crippen molar-refractivity contribution in [3.63, 3.8) is 0 Å². The molecule has 0 amide bonds. The van der Waals surface area contributed by atoms with Crippen LogP contribution in [-0.4, -0.2) is 23.1 Å². The van der Waals surface area contributed by atoms with Crippen LogP contribution >= 0.6 is 0 Å². The molecule has 0 saturated carbocycles. The van der Waals surface area contributed by atoms with Gasteiger partial charge in [0.1, 0.15) is 11.6 Å². The van der Waals surface area contributed by atoms with Crippen LogP contribution in [0.15, 0.2) is 12.4 Å². The summed E-state index contributed by atoms with van der Waals surface area (Å²) in [5.74, 6) is 1.44. The van der Waals surface area contributed by atoms with Crippen molar-refractivity contribution in [3.8, 4) is 0 Å². The van der Waals surface area contributed by atoms with E-state index in [0.29, 0.717) is 11.2 Å². The summed E-state index contributed by atoms with van der Waals surface area (Å²) in [6, 6.07) is 0. The Morgan fingerprint density at radius 3 is 2.50 bits per heavy atom. The van der Waals surface area contributed by atoms with Gasteiger partial charge >= 0.3 is 0 Å². The maximum Gasteiger partial charge on any atom is 0.147 e. The zero-order valence-corrected chi connectivity index (χ0v) is 10.1. The summed E-state index contributed by atoms with van der Waals surface area (Å²) in [5, 5.41) is 0. The molecular weight excluding hydrogens is 200 g/mol. The van der Waals surface area contributed by atoms with Crippen LogP contribution in [0.25, 0.3) is 0 Å². The van der Waals surface area contributed by atoms with Crippen molar-refractivity contribution in [1.29, 1.82) is 0 Å². The standard InChI is InChI=1S/C12H20N4/c1-3-12(2)4-6-16(7-5-12)11-9-14-10(13)8-15-11/h8-9H,3-7H2,1-2H3,(H2,13,14). The Kier molecular flexibility index (Phi) is 2.99. The summed E-state index contributed by atoms with van der Waals surface area (Å²) < 4.78 is 0. The topological polar surface area (TPSA) is 55.0 Å². The molecule has 1 fully saturated rings. The number of rotatable bonds is 2. The van der Waals surface area contributed by atoms with Crippen molar-refractivity contribution in [2.45, 2.75) is 33.1 Å². The number of hydrogen-bond acceptors (Lipinski definition) is 4. The van der Waals surface area contributed by atoms with Crippen molar-refractivity contribution >= 4 is 11.6 Å². The van der Waals surface area contributed by atoms with Gasteiger partial charge in [-0.3, -0.25) is 0 Å². The number of nitrogens with zero attached hydrogens (tertiary/aromatic N) is 3. The van der Waals surface area contributed by atoms with Gasteiger partial charge in [0, 0.05) is 13.1 Å². The molecule has 1 saturated heterocycles. The molecule has 4 heteroatoms. The second kappa shape index (κ2) is 4.28. The van der Waals surface area contributed by atoms with Crippen LogP contribution in [0.2, 0.25) is 0 Å².